The van der Waals surface area contributed by atoms with Crippen LogP contribution in [0, 0.1) is 6.92 Å². The normalized spacial score (nSPS) is 10.6. The van der Waals surface area contributed by atoms with Gasteiger partial charge in [-0.3, -0.25) is 4.98 Å². The molecule has 0 atom stereocenters. The number of benzene rings is 2. The van der Waals surface area contributed by atoms with E-state index in [2.05, 4.69) is 38.5 Å². The number of aromatic nitrogens is 3. The highest BCUT2D eigenvalue weighted by Crippen LogP contribution is 2.23. The molecular formula is C23H21N5. The highest BCUT2D eigenvalue weighted by Gasteiger charge is 2.06. The SMILES string of the molecule is Cc1cc(Cc2ccc(Nc3cc(-c4ccccc4)nc(N)n3)cc2)ccn1. The van der Waals surface area contributed by atoms with Crippen LogP contribution in [-0.2, 0) is 6.42 Å². The van der Waals surface area contributed by atoms with Crippen LogP contribution in [0.1, 0.15) is 16.8 Å². The third-order valence-corrected chi connectivity index (χ3v) is 4.41. The first-order valence-electron chi connectivity index (χ1n) is 9.13. The molecule has 0 saturated carbocycles. The lowest BCUT2D eigenvalue weighted by Crippen LogP contribution is -2.01. The van der Waals surface area contributed by atoms with Crippen molar-refractivity contribution in [2.75, 3.05) is 11.1 Å². The molecule has 0 unspecified atom stereocenters. The quantitative estimate of drug-likeness (QED) is 0.532. The molecular weight excluding hydrogens is 346 g/mol. The molecule has 2 heterocycles. The van der Waals surface area contributed by atoms with Crippen molar-refractivity contribution >= 4 is 17.5 Å². The predicted octanol–water partition coefficient (Wildman–Crippen LogP) is 4.76. The summed E-state index contributed by atoms with van der Waals surface area (Å²) in [7, 11) is 0. The van der Waals surface area contributed by atoms with Crippen molar-refractivity contribution in [3.63, 3.8) is 0 Å². The topological polar surface area (TPSA) is 76.7 Å². The zero-order chi connectivity index (χ0) is 19.3. The average Bonchev–Trinajstić information content (AvgIpc) is 2.70. The molecule has 0 radical (unpaired) electrons. The highest BCUT2D eigenvalue weighted by atomic mass is 15.1. The second-order valence-electron chi connectivity index (χ2n) is 6.67. The van der Waals surface area contributed by atoms with Gasteiger partial charge in [0.05, 0.1) is 5.69 Å². The molecule has 28 heavy (non-hydrogen) atoms. The first-order valence-corrected chi connectivity index (χ1v) is 9.13. The van der Waals surface area contributed by atoms with Gasteiger partial charge in [-0.05, 0) is 48.7 Å². The monoisotopic (exact) mass is 367 g/mol. The Morgan fingerprint density at radius 3 is 2.39 bits per heavy atom. The van der Waals surface area contributed by atoms with Gasteiger partial charge in [-0.15, -0.1) is 0 Å². The van der Waals surface area contributed by atoms with Gasteiger partial charge >= 0.3 is 0 Å². The molecule has 4 rings (SSSR count). The first kappa shape index (κ1) is 17.7. The van der Waals surface area contributed by atoms with E-state index in [4.69, 9.17) is 5.73 Å². The molecule has 138 valence electrons. The Morgan fingerprint density at radius 2 is 1.64 bits per heavy atom. The van der Waals surface area contributed by atoms with E-state index < -0.39 is 0 Å². The van der Waals surface area contributed by atoms with Crippen LogP contribution in [0.25, 0.3) is 11.3 Å². The predicted molar refractivity (Wildman–Crippen MR) is 113 cm³/mol. The van der Waals surface area contributed by atoms with Crippen molar-refractivity contribution in [2.24, 2.45) is 0 Å². The Hall–Kier alpha value is -3.73. The van der Waals surface area contributed by atoms with Crippen LogP contribution in [0.2, 0.25) is 0 Å². The number of aryl methyl sites for hydroxylation is 1. The Kier molecular flexibility index (Phi) is 4.97. The lowest BCUT2D eigenvalue weighted by atomic mass is 10.1. The second-order valence-corrected chi connectivity index (χ2v) is 6.67. The molecule has 0 fully saturated rings. The van der Waals surface area contributed by atoms with Crippen LogP contribution in [-0.4, -0.2) is 15.0 Å². The molecule has 2 aromatic carbocycles. The maximum Gasteiger partial charge on any atom is 0.222 e. The number of pyridine rings is 1. The third kappa shape index (κ3) is 4.32. The maximum absolute atomic E-state index is 5.91. The van der Waals surface area contributed by atoms with Gasteiger partial charge in [-0.2, -0.15) is 4.98 Å². The van der Waals surface area contributed by atoms with E-state index in [0.29, 0.717) is 5.82 Å². The van der Waals surface area contributed by atoms with Crippen LogP contribution in [0.15, 0.2) is 79.0 Å². The van der Waals surface area contributed by atoms with Gasteiger partial charge < -0.3 is 11.1 Å². The summed E-state index contributed by atoms with van der Waals surface area (Å²) in [5, 5.41) is 3.31. The van der Waals surface area contributed by atoms with E-state index in [1.807, 2.05) is 67.7 Å². The molecule has 0 aliphatic carbocycles. The van der Waals surface area contributed by atoms with Gasteiger partial charge in [0.15, 0.2) is 0 Å². The van der Waals surface area contributed by atoms with Crippen molar-refractivity contribution in [3.05, 3.63) is 95.8 Å². The number of hydrogen-bond acceptors (Lipinski definition) is 5. The minimum Gasteiger partial charge on any atom is -0.368 e. The number of nitrogens with one attached hydrogen (secondary N) is 1. The van der Waals surface area contributed by atoms with Crippen molar-refractivity contribution in [1.82, 2.24) is 15.0 Å². The number of rotatable bonds is 5. The van der Waals surface area contributed by atoms with Crippen LogP contribution in [0.4, 0.5) is 17.5 Å². The van der Waals surface area contributed by atoms with E-state index >= 15 is 0 Å². The standard InChI is InChI=1S/C23H21N5/c1-16-13-18(11-12-25-16)14-17-7-9-20(10-8-17)26-22-15-21(27-23(24)28-22)19-5-3-2-4-6-19/h2-13,15H,14H2,1H3,(H3,24,26,27,28). The molecule has 2 aromatic heterocycles. The molecule has 3 N–H and O–H groups in total. The molecule has 0 aliphatic heterocycles. The lowest BCUT2D eigenvalue weighted by Gasteiger charge is -2.10. The summed E-state index contributed by atoms with van der Waals surface area (Å²) in [6.45, 7) is 2.01. The van der Waals surface area contributed by atoms with E-state index in [1.54, 1.807) is 0 Å². The Balaban J connectivity index is 1.51. The Morgan fingerprint density at radius 1 is 0.857 bits per heavy atom. The van der Waals surface area contributed by atoms with Crippen LogP contribution in [0.5, 0.6) is 0 Å². The second kappa shape index (κ2) is 7.88. The van der Waals surface area contributed by atoms with E-state index in [1.165, 1.54) is 11.1 Å². The van der Waals surface area contributed by atoms with Gasteiger partial charge in [-0.1, -0.05) is 42.5 Å². The van der Waals surface area contributed by atoms with Crippen LogP contribution in [0.3, 0.4) is 0 Å². The van der Waals surface area contributed by atoms with Crippen LogP contribution >= 0.6 is 0 Å². The lowest BCUT2D eigenvalue weighted by molar-refractivity contribution is 1.12. The van der Waals surface area contributed by atoms with Gasteiger partial charge in [0.2, 0.25) is 5.95 Å². The molecule has 5 heteroatoms. The summed E-state index contributed by atoms with van der Waals surface area (Å²) in [6.07, 6.45) is 2.73. The molecule has 0 amide bonds. The summed E-state index contributed by atoms with van der Waals surface area (Å²) >= 11 is 0. The van der Waals surface area contributed by atoms with E-state index in [-0.39, 0.29) is 5.95 Å². The Bertz CT molecular complexity index is 1080. The summed E-state index contributed by atoms with van der Waals surface area (Å²) in [5.41, 5.74) is 12.2. The van der Waals surface area contributed by atoms with Crippen LogP contribution < -0.4 is 11.1 Å². The van der Waals surface area contributed by atoms with Gasteiger partial charge in [0, 0.05) is 29.2 Å². The third-order valence-electron chi connectivity index (χ3n) is 4.41. The summed E-state index contributed by atoms with van der Waals surface area (Å²) < 4.78 is 0. The smallest absolute Gasteiger partial charge is 0.222 e. The summed E-state index contributed by atoms with van der Waals surface area (Å²) in [4.78, 5) is 12.9. The summed E-state index contributed by atoms with van der Waals surface area (Å²) in [6, 6.07) is 24.3. The maximum atomic E-state index is 5.91. The van der Waals surface area contributed by atoms with Crippen molar-refractivity contribution < 1.29 is 0 Å². The zero-order valence-corrected chi connectivity index (χ0v) is 15.6. The molecule has 0 spiro atoms. The molecule has 0 saturated heterocycles. The Labute approximate surface area is 164 Å². The number of nitrogen functional groups attached to an aromatic ring is 1. The largest absolute Gasteiger partial charge is 0.368 e. The molecule has 4 aromatic rings. The minimum absolute atomic E-state index is 0.244. The van der Waals surface area contributed by atoms with E-state index in [9.17, 15) is 0 Å². The highest BCUT2D eigenvalue weighted by molar-refractivity contribution is 5.67. The number of nitrogens with zero attached hydrogens (tertiary/aromatic N) is 3. The van der Waals surface area contributed by atoms with E-state index in [0.717, 1.165) is 29.1 Å². The number of anilines is 3. The summed E-state index contributed by atoms with van der Waals surface area (Å²) in [5.74, 6) is 0.914. The fourth-order valence-corrected chi connectivity index (χ4v) is 3.09. The molecule has 0 aliphatic rings. The first-order chi connectivity index (χ1) is 13.7. The van der Waals surface area contributed by atoms with Gasteiger partial charge in [0.25, 0.3) is 0 Å². The van der Waals surface area contributed by atoms with Gasteiger partial charge in [0.1, 0.15) is 5.82 Å². The average molecular weight is 367 g/mol. The van der Waals surface area contributed by atoms with Crippen molar-refractivity contribution in [2.45, 2.75) is 13.3 Å². The fourth-order valence-electron chi connectivity index (χ4n) is 3.09. The number of hydrogen-bond donors (Lipinski definition) is 2. The minimum atomic E-state index is 0.244. The van der Waals surface area contributed by atoms with Crippen molar-refractivity contribution in [3.8, 4) is 11.3 Å². The number of nitrogens with two attached hydrogens (primary N) is 1. The molecule has 0 bridgehead atoms. The molecule has 5 nitrogen and oxygen atoms in total. The van der Waals surface area contributed by atoms with Crippen molar-refractivity contribution in [1.29, 1.82) is 0 Å². The fraction of sp³-hybridized carbons (Fsp3) is 0.0870. The zero-order valence-electron chi connectivity index (χ0n) is 15.6. The van der Waals surface area contributed by atoms with Gasteiger partial charge in [-0.25, -0.2) is 4.98 Å².